The number of fused-ring (bicyclic) bond motifs is 1. The highest BCUT2D eigenvalue weighted by Crippen LogP contribution is 2.28. The topological polar surface area (TPSA) is 78.8 Å². The Morgan fingerprint density at radius 2 is 2.06 bits per heavy atom. The molecule has 2 rings (SSSR count). The van der Waals surface area contributed by atoms with Gasteiger partial charge in [0.15, 0.2) is 16.9 Å². The SMILES string of the molecule is CCC(C)(C)Oc1c2ncnc(N)c2nn1C. The van der Waals surface area contributed by atoms with Crippen LogP contribution in [0.1, 0.15) is 27.2 Å². The number of ether oxygens (including phenoxy) is 1. The van der Waals surface area contributed by atoms with Crippen molar-refractivity contribution in [1.29, 1.82) is 0 Å². The summed E-state index contributed by atoms with van der Waals surface area (Å²) in [6.45, 7) is 6.12. The van der Waals surface area contributed by atoms with E-state index >= 15 is 0 Å². The van der Waals surface area contributed by atoms with Crippen LogP contribution in [-0.2, 0) is 7.05 Å². The molecule has 2 heterocycles. The van der Waals surface area contributed by atoms with E-state index in [1.54, 1.807) is 4.68 Å². The van der Waals surface area contributed by atoms with Crippen LogP contribution in [0.25, 0.3) is 11.0 Å². The number of aryl methyl sites for hydroxylation is 1. The first-order valence-electron chi connectivity index (χ1n) is 5.57. The van der Waals surface area contributed by atoms with Crippen LogP contribution < -0.4 is 10.5 Å². The number of anilines is 1. The molecule has 0 unspecified atom stereocenters. The van der Waals surface area contributed by atoms with E-state index in [1.807, 2.05) is 20.9 Å². The van der Waals surface area contributed by atoms with Crippen molar-refractivity contribution in [1.82, 2.24) is 19.7 Å². The van der Waals surface area contributed by atoms with Crippen molar-refractivity contribution in [2.75, 3.05) is 5.73 Å². The van der Waals surface area contributed by atoms with Gasteiger partial charge in [0.05, 0.1) is 0 Å². The zero-order valence-corrected chi connectivity index (χ0v) is 10.6. The standard InChI is InChI=1S/C11H17N5O/c1-5-11(2,3)17-10-8-7(15-16(10)4)9(12)14-6-13-8/h6H,5H2,1-4H3,(H2,12,13,14). The number of hydrogen-bond donors (Lipinski definition) is 1. The Morgan fingerprint density at radius 3 is 2.71 bits per heavy atom. The lowest BCUT2D eigenvalue weighted by molar-refractivity contribution is 0.0948. The summed E-state index contributed by atoms with van der Waals surface area (Å²) in [5.41, 5.74) is 6.72. The molecule has 0 radical (unpaired) electrons. The first kappa shape index (κ1) is 11.6. The first-order valence-corrected chi connectivity index (χ1v) is 5.57. The second-order valence-corrected chi connectivity index (χ2v) is 4.60. The van der Waals surface area contributed by atoms with Gasteiger partial charge in [-0.25, -0.2) is 14.6 Å². The quantitative estimate of drug-likeness (QED) is 0.872. The van der Waals surface area contributed by atoms with E-state index in [-0.39, 0.29) is 5.60 Å². The summed E-state index contributed by atoms with van der Waals surface area (Å²) >= 11 is 0. The molecule has 2 N–H and O–H groups in total. The summed E-state index contributed by atoms with van der Waals surface area (Å²) in [6.07, 6.45) is 2.31. The summed E-state index contributed by atoms with van der Waals surface area (Å²) in [5.74, 6) is 0.996. The molecule has 2 aromatic rings. The van der Waals surface area contributed by atoms with Crippen molar-refractivity contribution >= 4 is 16.9 Å². The van der Waals surface area contributed by atoms with E-state index in [2.05, 4.69) is 22.0 Å². The highest BCUT2D eigenvalue weighted by molar-refractivity contribution is 5.87. The fraction of sp³-hybridized carbons (Fsp3) is 0.545. The number of hydrogen-bond acceptors (Lipinski definition) is 5. The average Bonchev–Trinajstić information content (AvgIpc) is 2.58. The second-order valence-electron chi connectivity index (χ2n) is 4.60. The van der Waals surface area contributed by atoms with E-state index in [4.69, 9.17) is 10.5 Å². The van der Waals surface area contributed by atoms with Crippen LogP contribution in [-0.4, -0.2) is 25.3 Å². The Bertz CT molecular complexity index is 546. The Labute approximate surface area is 99.8 Å². The molecular formula is C11H17N5O. The third-order valence-electron chi connectivity index (χ3n) is 2.82. The van der Waals surface area contributed by atoms with Gasteiger partial charge in [-0.05, 0) is 20.3 Å². The largest absolute Gasteiger partial charge is 0.470 e. The third-order valence-corrected chi connectivity index (χ3v) is 2.82. The van der Waals surface area contributed by atoms with E-state index < -0.39 is 0 Å². The Balaban J connectivity index is 2.54. The Kier molecular flexibility index (Phi) is 2.65. The molecule has 0 atom stereocenters. The van der Waals surface area contributed by atoms with E-state index in [0.717, 1.165) is 6.42 Å². The molecule has 0 amide bonds. The van der Waals surface area contributed by atoms with Gasteiger partial charge in [-0.1, -0.05) is 6.92 Å². The second kappa shape index (κ2) is 3.87. The van der Waals surface area contributed by atoms with Gasteiger partial charge in [0.25, 0.3) is 0 Å². The molecule has 0 aliphatic rings. The molecule has 0 aliphatic heterocycles. The summed E-state index contributed by atoms with van der Waals surface area (Å²) in [6, 6.07) is 0. The van der Waals surface area contributed by atoms with Gasteiger partial charge in [-0.15, -0.1) is 0 Å². The molecule has 6 nitrogen and oxygen atoms in total. The fourth-order valence-electron chi connectivity index (χ4n) is 1.44. The molecule has 0 bridgehead atoms. The van der Waals surface area contributed by atoms with Crippen LogP contribution in [0.4, 0.5) is 5.82 Å². The lowest BCUT2D eigenvalue weighted by Crippen LogP contribution is -2.28. The summed E-state index contributed by atoms with van der Waals surface area (Å²) in [4.78, 5) is 8.10. The monoisotopic (exact) mass is 235 g/mol. The van der Waals surface area contributed by atoms with Crippen LogP contribution in [0.2, 0.25) is 0 Å². The molecule has 0 aromatic carbocycles. The molecule has 92 valence electrons. The van der Waals surface area contributed by atoms with Gasteiger partial charge < -0.3 is 10.5 Å². The van der Waals surface area contributed by atoms with Crippen molar-refractivity contribution in [3.63, 3.8) is 0 Å². The van der Waals surface area contributed by atoms with Gasteiger partial charge >= 0.3 is 0 Å². The van der Waals surface area contributed by atoms with Crippen LogP contribution in [0, 0.1) is 0 Å². The minimum absolute atomic E-state index is 0.263. The van der Waals surface area contributed by atoms with Crippen molar-refractivity contribution in [2.45, 2.75) is 32.8 Å². The zero-order valence-electron chi connectivity index (χ0n) is 10.6. The predicted octanol–water partition coefficient (Wildman–Crippen LogP) is 1.51. The minimum atomic E-state index is -0.263. The van der Waals surface area contributed by atoms with Crippen LogP contribution in [0.5, 0.6) is 5.88 Å². The normalized spacial score (nSPS) is 12.0. The van der Waals surface area contributed by atoms with Gasteiger partial charge in [-0.2, -0.15) is 5.10 Å². The number of nitrogens with zero attached hydrogens (tertiary/aromatic N) is 4. The summed E-state index contributed by atoms with van der Waals surface area (Å²) in [5, 5.41) is 4.27. The van der Waals surface area contributed by atoms with Crippen molar-refractivity contribution in [2.24, 2.45) is 7.05 Å². The van der Waals surface area contributed by atoms with Gasteiger partial charge in [0.1, 0.15) is 11.9 Å². The highest BCUT2D eigenvalue weighted by Gasteiger charge is 2.22. The minimum Gasteiger partial charge on any atom is -0.470 e. The van der Waals surface area contributed by atoms with Crippen LogP contribution in [0.3, 0.4) is 0 Å². The molecule has 0 spiro atoms. The zero-order chi connectivity index (χ0) is 12.6. The number of nitrogens with two attached hydrogens (primary N) is 1. The maximum absolute atomic E-state index is 5.94. The molecular weight excluding hydrogens is 218 g/mol. The molecule has 0 fully saturated rings. The summed E-state index contributed by atoms with van der Waals surface area (Å²) in [7, 11) is 1.81. The summed E-state index contributed by atoms with van der Waals surface area (Å²) < 4.78 is 7.59. The van der Waals surface area contributed by atoms with Gasteiger partial charge in [-0.3, -0.25) is 0 Å². The smallest absolute Gasteiger partial charge is 0.239 e. The predicted molar refractivity (Wildman–Crippen MR) is 65.7 cm³/mol. The van der Waals surface area contributed by atoms with Crippen LogP contribution in [0.15, 0.2) is 6.33 Å². The fourth-order valence-corrected chi connectivity index (χ4v) is 1.44. The Hall–Kier alpha value is -1.85. The van der Waals surface area contributed by atoms with E-state index in [9.17, 15) is 0 Å². The number of aromatic nitrogens is 4. The van der Waals surface area contributed by atoms with E-state index in [0.29, 0.717) is 22.7 Å². The lowest BCUT2D eigenvalue weighted by Gasteiger charge is -2.24. The maximum atomic E-state index is 5.94. The van der Waals surface area contributed by atoms with Gasteiger partial charge in [0, 0.05) is 7.05 Å². The van der Waals surface area contributed by atoms with Crippen molar-refractivity contribution in [3.8, 4) is 5.88 Å². The third kappa shape index (κ3) is 2.02. The lowest BCUT2D eigenvalue weighted by atomic mass is 10.1. The van der Waals surface area contributed by atoms with E-state index in [1.165, 1.54) is 6.33 Å². The maximum Gasteiger partial charge on any atom is 0.239 e. The first-order chi connectivity index (χ1) is 7.94. The molecule has 17 heavy (non-hydrogen) atoms. The molecule has 6 heteroatoms. The van der Waals surface area contributed by atoms with Gasteiger partial charge in [0.2, 0.25) is 5.88 Å². The Morgan fingerprint density at radius 1 is 1.35 bits per heavy atom. The molecule has 2 aromatic heterocycles. The molecule has 0 saturated heterocycles. The number of nitrogen functional groups attached to an aromatic ring is 1. The molecule has 0 aliphatic carbocycles. The van der Waals surface area contributed by atoms with Crippen molar-refractivity contribution < 1.29 is 4.74 Å². The highest BCUT2D eigenvalue weighted by atomic mass is 16.5. The number of rotatable bonds is 3. The van der Waals surface area contributed by atoms with Crippen molar-refractivity contribution in [3.05, 3.63) is 6.33 Å². The van der Waals surface area contributed by atoms with Crippen LogP contribution >= 0.6 is 0 Å². The molecule has 0 saturated carbocycles. The average molecular weight is 235 g/mol.